The van der Waals surface area contributed by atoms with Crippen LogP contribution in [0, 0.1) is 5.92 Å². The highest BCUT2D eigenvalue weighted by atomic mass is 16.5. The fourth-order valence-electron chi connectivity index (χ4n) is 6.40. The molecule has 1 aliphatic heterocycles. The molecule has 0 radical (unpaired) electrons. The summed E-state index contributed by atoms with van der Waals surface area (Å²) in [6.45, 7) is 2.72. The summed E-state index contributed by atoms with van der Waals surface area (Å²) in [4.78, 5) is 17.4. The van der Waals surface area contributed by atoms with Crippen LogP contribution in [-0.2, 0) is 10.2 Å². The fourth-order valence-corrected chi connectivity index (χ4v) is 6.40. The van der Waals surface area contributed by atoms with Crippen LogP contribution >= 0.6 is 0 Å². The van der Waals surface area contributed by atoms with Gasteiger partial charge in [0.25, 0.3) is 0 Å². The number of hydrogen-bond donors (Lipinski definition) is 2. The summed E-state index contributed by atoms with van der Waals surface area (Å²) in [5.74, 6) is 1.69. The van der Waals surface area contributed by atoms with Crippen molar-refractivity contribution in [2.24, 2.45) is 5.92 Å². The molecule has 3 atom stereocenters. The number of β-amino-alcohol motifs (C(OH)–C–C–N with tert-alkyl or cyclic N) is 1. The van der Waals surface area contributed by atoms with E-state index in [4.69, 9.17) is 4.74 Å². The Kier molecular flexibility index (Phi) is 6.84. The Morgan fingerprint density at radius 3 is 2.72 bits per heavy atom. The van der Waals surface area contributed by atoms with E-state index in [9.17, 15) is 15.0 Å². The number of phenols is 1. The average molecular weight is 491 g/mol. The number of aliphatic hydroxyl groups is 1. The van der Waals surface area contributed by atoms with Gasteiger partial charge >= 0.3 is 0 Å². The summed E-state index contributed by atoms with van der Waals surface area (Å²) in [5.41, 5.74) is 0.611. The van der Waals surface area contributed by atoms with E-state index in [0.29, 0.717) is 13.0 Å². The van der Waals surface area contributed by atoms with Gasteiger partial charge < -0.3 is 24.7 Å². The second-order valence-corrected chi connectivity index (χ2v) is 11.0. The van der Waals surface area contributed by atoms with Gasteiger partial charge in [0.1, 0.15) is 11.5 Å². The Bertz CT molecular complexity index is 1130. The molecule has 0 spiro atoms. The molecule has 2 aliphatic carbocycles. The van der Waals surface area contributed by atoms with Crippen LogP contribution in [0.15, 0.2) is 54.6 Å². The van der Waals surface area contributed by atoms with Crippen LogP contribution in [0.2, 0.25) is 0 Å². The van der Waals surface area contributed by atoms with Crippen molar-refractivity contribution in [3.8, 4) is 11.5 Å². The molecule has 1 heterocycles. The number of amides is 1. The number of likely N-dealkylation sites (N-methyl/N-ethyl adjacent to an activating group) is 1. The number of benzene rings is 2. The predicted molar refractivity (Wildman–Crippen MR) is 141 cm³/mol. The number of phenolic OH excluding ortho intramolecular Hbond substituents is 1. The van der Waals surface area contributed by atoms with Crippen molar-refractivity contribution in [3.63, 3.8) is 0 Å². The number of rotatable bonds is 7. The van der Waals surface area contributed by atoms with Crippen molar-refractivity contribution >= 4 is 12.0 Å². The topological polar surface area (TPSA) is 73.2 Å². The van der Waals surface area contributed by atoms with Gasteiger partial charge in [0.2, 0.25) is 5.91 Å². The molecule has 192 valence electrons. The number of methoxy groups -OCH3 is 1. The van der Waals surface area contributed by atoms with Crippen molar-refractivity contribution in [2.45, 2.75) is 55.6 Å². The Morgan fingerprint density at radius 1 is 1.17 bits per heavy atom. The highest BCUT2D eigenvalue weighted by Gasteiger charge is 2.58. The van der Waals surface area contributed by atoms with Crippen LogP contribution in [0.3, 0.4) is 0 Å². The molecule has 1 amide bonds. The zero-order chi connectivity index (χ0) is 25.3. The number of ether oxygens (including phenoxy) is 1. The average Bonchev–Trinajstić information content (AvgIpc) is 3.70. The number of carbonyl (C=O) groups excluding carboxylic acids is 1. The Labute approximate surface area is 214 Å². The molecule has 0 aromatic heterocycles. The Balaban J connectivity index is 1.39. The lowest BCUT2D eigenvalue weighted by molar-refractivity contribution is -0.144. The van der Waals surface area contributed by atoms with Crippen molar-refractivity contribution in [3.05, 3.63) is 65.7 Å². The zero-order valence-electron chi connectivity index (χ0n) is 21.4. The number of likely N-dealkylation sites (tertiary alicyclic amines) is 1. The molecule has 1 saturated heterocycles. The molecule has 6 nitrogen and oxygen atoms in total. The summed E-state index contributed by atoms with van der Waals surface area (Å²) in [5, 5.41) is 22.0. The normalized spacial score (nSPS) is 28.6. The molecule has 2 N–H and O–H groups in total. The molecular weight excluding hydrogens is 452 g/mol. The molecule has 0 bridgehead atoms. The van der Waals surface area contributed by atoms with Crippen molar-refractivity contribution < 1.29 is 19.7 Å². The second kappa shape index (κ2) is 9.91. The van der Waals surface area contributed by atoms with E-state index >= 15 is 0 Å². The number of carbonyl (C=O) groups is 1. The molecule has 2 saturated carbocycles. The van der Waals surface area contributed by atoms with Gasteiger partial charge in [0, 0.05) is 37.7 Å². The predicted octanol–water partition coefficient (Wildman–Crippen LogP) is 4.21. The van der Waals surface area contributed by atoms with Gasteiger partial charge in [-0.15, -0.1) is 0 Å². The minimum atomic E-state index is -0.843. The number of nitrogens with zero attached hydrogens (tertiary/aromatic N) is 2. The van der Waals surface area contributed by atoms with Crippen LogP contribution in [0.25, 0.3) is 6.08 Å². The van der Waals surface area contributed by atoms with Crippen LogP contribution in [0.5, 0.6) is 11.5 Å². The van der Waals surface area contributed by atoms with Gasteiger partial charge in [0.15, 0.2) is 0 Å². The fraction of sp³-hybridized carbons (Fsp3) is 0.500. The molecule has 2 aromatic carbocycles. The van der Waals surface area contributed by atoms with E-state index in [1.54, 1.807) is 37.5 Å². The van der Waals surface area contributed by atoms with E-state index in [1.165, 1.54) is 12.8 Å². The first kappa shape index (κ1) is 24.8. The van der Waals surface area contributed by atoms with E-state index in [1.807, 2.05) is 30.1 Å². The summed E-state index contributed by atoms with van der Waals surface area (Å²) >= 11 is 0. The van der Waals surface area contributed by atoms with Crippen LogP contribution < -0.4 is 4.74 Å². The van der Waals surface area contributed by atoms with Crippen LogP contribution in [0.4, 0.5) is 0 Å². The summed E-state index contributed by atoms with van der Waals surface area (Å²) < 4.78 is 5.55. The lowest BCUT2D eigenvalue weighted by Gasteiger charge is -2.59. The summed E-state index contributed by atoms with van der Waals surface area (Å²) in [6.07, 6.45) is 8.93. The van der Waals surface area contributed by atoms with Gasteiger partial charge in [0.05, 0.1) is 12.7 Å². The van der Waals surface area contributed by atoms with Gasteiger partial charge in [-0.3, -0.25) is 4.79 Å². The zero-order valence-corrected chi connectivity index (χ0v) is 21.4. The monoisotopic (exact) mass is 490 g/mol. The minimum Gasteiger partial charge on any atom is -0.508 e. The van der Waals surface area contributed by atoms with Crippen molar-refractivity contribution in [1.29, 1.82) is 0 Å². The molecule has 3 aliphatic rings. The van der Waals surface area contributed by atoms with Crippen LogP contribution in [-0.4, -0.2) is 71.4 Å². The smallest absolute Gasteiger partial charge is 0.246 e. The van der Waals surface area contributed by atoms with E-state index in [-0.39, 0.29) is 17.7 Å². The van der Waals surface area contributed by atoms with Gasteiger partial charge in [-0.25, -0.2) is 0 Å². The third-order valence-electron chi connectivity index (χ3n) is 8.73. The number of fused-ring (bicyclic) bond motifs is 1. The first-order valence-electron chi connectivity index (χ1n) is 13.2. The van der Waals surface area contributed by atoms with E-state index < -0.39 is 11.0 Å². The summed E-state index contributed by atoms with van der Waals surface area (Å²) in [7, 11) is 3.54. The maximum absolute atomic E-state index is 13.1. The Morgan fingerprint density at radius 2 is 1.97 bits per heavy atom. The highest BCUT2D eigenvalue weighted by molar-refractivity contribution is 5.91. The SMILES string of the molecule is COc1cccc([C@@]23CCN(CC4CC4)C[C@@]2(O)CC[C@@H](N(C)C(=O)C=Cc2cccc(O)c2)C3)c1. The van der Waals surface area contributed by atoms with Gasteiger partial charge in [-0.2, -0.15) is 0 Å². The molecule has 36 heavy (non-hydrogen) atoms. The standard InChI is InChI=1S/C30H38N2O4/c1-31(28(34)12-11-22-5-3-7-26(33)17-22)25-13-14-30(35)21-32(20-23-9-10-23)16-15-29(30,19-25)24-6-4-8-27(18-24)36-2/h3-8,11-12,17-18,23,25,33,35H,9-10,13-16,19-21H2,1-2H3/t25-,29+,30+/m1/s1. The van der Waals surface area contributed by atoms with E-state index in [0.717, 1.165) is 55.1 Å². The molecule has 2 aromatic rings. The third-order valence-corrected chi connectivity index (χ3v) is 8.73. The van der Waals surface area contributed by atoms with Crippen molar-refractivity contribution in [2.75, 3.05) is 33.8 Å². The Hall–Kier alpha value is -2.83. The van der Waals surface area contributed by atoms with Crippen LogP contribution in [0.1, 0.15) is 49.7 Å². The third kappa shape index (κ3) is 4.89. The quantitative estimate of drug-likeness (QED) is 0.569. The van der Waals surface area contributed by atoms with Crippen molar-refractivity contribution in [1.82, 2.24) is 9.80 Å². The van der Waals surface area contributed by atoms with Gasteiger partial charge in [-0.05, 0) is 92.5 Å². The molecule has 6 heteroatoms. The number of aromatic hydroxyl groups is 1. The maximum Gasteiger partial charge on any atom is 0.246 e. The number of piperidine rings is 1. The first-order chi connectivity index (χ1) is 17.3. The lowest BCUT2D eigenvalue weighted by Crippen LogP contribution is -2.67. The molecule has 0 unspecified atom stereocenters. The number of hydrogen-bond acceptors (Lipinski definition) is 5. The minimum absolute atomic E-state index is 0.0211. The lowest BCUT2D eigenvalue weighted by atomic mass is 9.55. The first-order valence-corrected chi connectivity index (χ1v) is 13.2. The van der Waals surface area contributed by atoms with Gasteiger partial charge in [-0.1, -0.05) is 24.3 Å². The second-order valence-electron chi connectivity index (χ2n) is 11.0. The highest BCUT2D eigenvalue weighted by Crippen LogP contribution is 2.53. The maximum atomic E-state index is 13.1. The molecular formula is C30H38N2O4. The molecule has 3 fully saturated rings. The molecule has 5 rings (SSSR count). The summed E-state index contributed by atoms with van der Waals surface area (Å²) in [6, 6.07) is 15.0. The van der Waals surface area contributed by atoms with E-state index in [2.05, 4.69) is 17.0 Å². The largest absolute Gasteiger partial charge is 0.508 e.